The zero-order valence-electron chi connectivity index (χ0n) is 10.3. The van der Waals surface area contributed by atoms with Crippen molar-refractivity contribution in [2.45, 2.75) is 19.3 Å². The average molecular weight is 242 g/mol. The summed E-state index contributed by atoms with van der Waals surface area (Å²) in [6.45, 7) is 4.60. The summed E-state index contributed by atoms with van der Waals surface area (Å²) in [6.07, 6.45) is 2.42. The third-order valence-electron chi connectivity index (χ3n) is 3.80. The molecule has 5 heteroatoms. The molecule has 2 rings (SSSR count). The van der Waals surface area contributed by atoms with Crippen LogP contribution in [0.25, 0.3) is 0 Å². The van der Waals surface area contributed by atoms with Crippen LogP contribution in [-0.2, 0) is 14.3 Å². The van der Waals surface area contributed by atoms with Crippen LogP contribution in [0.2, 0.25) is 0 Å². The molecule has 0 unspecified atom stereocenters. The maximum Gasteiger partial charge on any atom is 0.230 e. The largest absolute Gasteiger partial charge is 0.381 e. The normalized spacial score (nSPS) is 25.4. The van der Waals surface area contributed by atoms with E-state index in [1.807, 2.05) is 4.90 Å². The van der Waals surface area contributed by atoms with Crippen molar-refractivity contribution in [3.8, 4) is 0 Å². The lowest BCUT2D eigenvalue weighted by Gasteiger charge is -2.38. The van der Waals surface area contributed by atoms with E-state index in [-0.39, 0.29) is 11.3 Å². The van der Waals surface area contributed by atoms with Crippen LogP contribution in [-0.4, -0.2) is 56.9 Å². The van der Waals surface area contributed by atoms with Gasteiger partial charge in [-0.1, -0.05) is 0 Å². The molecule has 2 N–H and O–H groups in total. The van der Waals surface area contributed by atoms with Gasteiger partial charge in [0, 0.05) is 39.5 Å². The predicted molar refractivity (Wildman–Crippen MR) is 63.6 cm³/mol. The molecule has 0 aromatic heterocycles. The number of ether oxygens (including phenoxy) is 2. The van der Waals surface area contributed by atoms with Crippen molar-refractivity contribution in [2.24, 2.45) is 11.1 Å². The molecule has 0 radical (unpaired) electrons. The van der Waals surface area contributed by atoms with Crippen LogP contribution in [0.4, 0.5) is 0 Å². The molecule has 2 heterocycles. The SMILES string of the molecule is NCC1(C(=O)N2CCCOCC2)CCOCC1. The molecule has 2 aliphatic heterocycles. The lowest BCUT2D eigenvalue weighted by Crippen LogP contribution is -2.51. The van der Waals surface area contributed by atoms with Gasteiger partial charge in [-0.25, -0.2) is 0 Å². The molecule has 0 atom stereocenters. The third kappa shape index (κ3) is 2.78. The molecule has 0 spiro atoms. The lowest BCUT2D eigenvalue weighted by atomic mass is 9.79. The van der Waals surface area contributed by atoms with E-state index in [0.29, 0.717) is 32.9 Å². The Bertz CT molecular complexity index is 256. The van der Waals surface area contributed by atoms with Crippen molar-refractivity contribution in [1.82, 2.24) is 4.90 Å². The van der Waals surface area contributed by atoms with Crippen molar-refractivity contribution < 1.29 is 14.3 Å². The molecular formula is C12H22N2O3. The number of hydrogen-bond donors (Lipinski definition) is 1. The smallest absolute Gasteiger partial charge is 0.230 e. The molecule has 0 aliphatic carbocycles. The van der Waals surface area contributed by atoms with E-state index in [9.17, 15) is 4.79 Å². The minimum absolute atomic E-state index is 0.203. The van der Waals surface area contributed by atoms with Crippen molar-refractivity contribution in [1.29, 1.82) is 0 Å². The second kappa shape index (κ2) is 5.80. The number of amides is 1. The van der Waals surface area contributed by atoms with Gasteiger partial charge in [0.25, 0.3) is 0 Å². The van der Waals surface area contributed by atoms with Gasteiger partial charge in [0.15, 0.2) is 0 Å². The molecule has 5 nitrogen and oxygen atoms in total. The molecule has 0 bridgehead atoms. The van der Waals surface area contributed by atoms with E-state index >= 15 is 0 Å². The first-order chi connectivity index (χ1) is 8.28. The highest BCUT2D eigenvalue weighted by atomic mass is 16.5. The Balaban J connectivity index is 2.04. The highest BCUT2D eigenvalue weighted by Crippen LogP contribution is 2.31. The van der Waals surface area contributed by atoms with Gasteiger partial charge in [0.2, 0.25) is 5.91 Å². The number of rotatable bonds is 2. The van der Waals surface area contributed by atoms with Gasteiger partial charge in [-0.3, -0.25) is 4.79 Å². The highest BCUT2D eigenvalue weighted by molar-refractivity contribution is 5.83. The summed E-state index contributed by atoms with van der Waals surface area (Å²) in [7, 11) is 0. The summed E-state index contributed by atoms with van der Waals surface area (Å²) in [5, 5.41) is 0. The molecule has 1 amide bonds. The number of nitrogens with two attached hydrogens (primary N) is 1. The number of nitrogens with zero attached hydrogens (tertiary/aromatic N) is 1. The fraction of sp³-hybridized carbons (Fsp3) is 0.917. The maximum absolute atomic E-state index is 12.6. The van der Waals surface area contributed by atoms with Crippen LogP contribution in [0.1, 0.15) is 19.3 Å². The van der Waals surface area contributed by atoms with Gasteiger partial charge in [0.05, 0.1) is 12.0 Å². The van der Waals surface area contributed by atoms with Gasteiger partial charge in [0.1, 0.15) is 0 Å². The Kier molecular flexibility index (Phi) is 4.36. The van der Waals surface area contributed by atoms with Crippen LogP contribution in [0, 0.1) is 5.41 Å². The summed E-state index contributed by atoms with van der Waals surface area (Å²) < 4.78 is 10.7. The molecule has 2 aliphatic rings. The molecule has 0 aromatic carbocycles. The van der Waals surface area contributed by atoms with Gasteiger partial charge in [-0.2, -0.15) is 0 Å². The van der Waals surface area contributed by atoms with E-state index in [1.165, 1.54) is 0 Å². The topological polar surface area (TPSA) is 64.8 Å². The Labute approximate surface area is 102 Å². The van der Waals surface area contributed by atoms with E-state index < -0.39 is 0 Å². The van der Waals surface area contributed by atoms with Crippen molar-refractivity contribution in [3.05, 3.63) is 0 Å². The molecule has 2 saturated heterocycles. The molecule has 0 aromatic rings. The summed E-state index contributed by atoms with van der Waals surface area (Å²) in [5.74, 6) is 0.203. The fourth-order valence-corrected chi connectivity index (χ4v) is 2.55. The number of carbonyl (C=O) groups excluding carboxylic acids is 1. The summed E-state index contributed by atoms with van der Waals surface area (Å²) >= 11 is 0. The van der Waals surface area contributed by atoms with Crippen LogP contribution in [0.5, 0.6) is 0 Å². The van der Waals surface area contributed by atoms with Gasteiger partial charge < -0.3 is 20.1 Å². The highest BCUT2D eigenvalue weighted by Gasteiger charge is 2.41. The minimum atomic E-state index is -0.386. The Hall–Kier alpha value is -0.650. The van der Waals surface area contributed by atoms with Crippen LogP contribution in [0.3, 0.4) is 0 Å². The Morgan fingerprint density at radius 3 is 2.53 bits per heavy atom. The minimum Gasteiger partial charge on any atom is -0.381 e. The van der Waals surface area contributed by atoms with Gasteiger partial charge in [-0.15, -0.1) is 0 Å². The molecule has 98 valence electrons. The van der Waals surface area contributed by atoms with Crippen molar-refractivity contribution in [2.75, 3.05) is 46.1 Å². The molecule has 17 heavy (non-hydrogen) atoms. The molecule has 0 saturated carbocycles. The third-order valence-corrected chi connectivity index (χ3v) is 3.80. The predicted octanol–water partition coefficient (Wildman–Crippen LogP) is -0.00920. The number of carbonyl (C=O) groups is 1. The Morgan fingerprint density at radius 1 is 1.12 bits per heavy atom. The van der Waals surface area contributed by atoms with E-state index in [4.69, 9.17) is 15.2 Å². The first-order valence-corrected chi connectivity index (χ1v) is 6.43. The van der Waals surface area contributed by atoms with Crippen LogP contribution in [0.15, 0.2) is 0 Å². The Morgan fingerprint density at radius 2 is 1.82 bits per heavy atom. The fourth-order valence-electron chi connectivity index (χ4n) is 2.55. The van der Waals surface area contributed by atoms with Crippen molar-refractivity contribution in [3.63, 3.8) is 0 Å². The quantitative estimate of drug-likeness (QED) is 0.740. The van der Waals surface area contributed by atoms with Gasteiger partial charge in [-0.05, 0) is 19.3 Å². The van der Waals surface area contributed by atoms with E-state index in [1.54, 1.807) is 0 Å². The second-order valence-corrected chi connectivity index (χ2v) is 4.85. The molecular weight excluding hydrogens is 220 g/mol. The number of hydrogen-bond acceptors (Lipinski definition) is 4. The lowest BCUT2D eigenvalue weighted by molar-refractivity contribution is -0.147. The molecule has 2 fully saturated rings. The average Bonchev–Trinajstić information content (AvgIpc) is 2.67. The monoisotopic (exact) mass is 242 g/mol. The van der Waals surface area contributed by atoms with Gasteiger partial charge >= 0.3 is 0 Å². The zero-order valence-corrected chi connectivity index (χ0v) is 10.3. The second-order valence-electron chi connectivity index (χ2n) is 4.85. The van der Waals surface area contributed by atoms with Crippen LogP contribution >= 0.6 is 0 Å². The van der Waals surface area contributed by atoms with E-state index in [0.717, 1.165) is 32.4 Å². The van der Waals surface area contributed by atoms with Crippen LogP contribution < -0.4 is 5.73 Å². The first kappa shape index (κ1) is 12.8. The standard InChI is InChI=1S/C12H22N2O3/c13-10-12(2-7-17-8-3-12)11(15)14-4-1-6-16-9-5-14/h1-10,13H2. The summed E-state index contributed by atoms with van der Waals surface area (Å²) in [5.41, 5.74) is 5.46. The summed E-state index contributed by atoms with van der Waals surface area (Å²) in [4.78, 5) is 14.5. The van der Waals surface area contributed by atoms with Crippen molar-refractivity contribution >= 4 is 5.91 Å². The zero-order chi connectivity index (χ0) is 12.1. The maximum atomic E-state index is 12.6. The van der Waals surface area contributed by atoms with E-state index in [2.05, 4.69) is 0 Å². The first-order valence-electron chi connectivity index (χ1n) is 6.43. The summed E-state index contributed by atoms with van der Waals surface area (Å²) in [6, 6.07) is 0.